The Balaban J connectivity index is 1.51. The number of carbonyl (C=O) groups is 3. The zero-order valence-corrected chi connectivity index (χ0v) is 16.5. The summed E-state index contributed by atoms with van der Waals surface area (Å²) in [5.41, 5.74) is 1.08. The molecule has 1 aromatic carbocycles. The van der Waals surface area contributed by atoms with E-state index in [-0.39, 0.29) is 36.7 Å². The summed E-state index contributed by atoms with van der Waals surface area (Å²) >= 11 is 0. The molecule has 7 nitrogen and oxygen atoms in total. The Morgan fingerprint density at radius 3 is 2.64 bits per heavy atom. The van der Waals surface area contributed by atoms with Crippen LogP contribution in [0.1, 0.15) is 25.3 Å². The number of benzene rings is 1. The van der Waals surface area contributed by atoms with Crippen molar-refractivity contribution in [3.05, 3.63) is 35.9 Å². The zero-order valence-electron chi connectivity index (χ0n) is 16.5. The number of nitrogens with zero attached hydrogens (tertiary/aromatic N) is 3. The normalized spacial score (nSPS) is 20.9. The smallest absolute Gasteiger partial charge is 0.320 e. The maximum absolute atomic E-state index is 13.0. The van der Waals surface area contributed by atoms with Crippen LogP contribution < -0.4 is 0 Å². The second kappa shape index (κ2) is 9.68. The minimum atomic E-state index is -0.271. The van der Waals surface area contributed by atoms with Crippen molar-refractivity contribution in [1.82, 2.24) is 14.7 Å². The van der Waals surface area contributed by atoms with Crippen molar-refractivity contribution in [2.24, 2.45) is 5.92 Å². The van der Waals surface area contributed by atoms with Crippen molar-refractivity contribution in [2.75, 3.05) is 45.9 Å². The first-order valence-corrected chi connectivity index (χ1v) is 10.0. The highest BCUT2D eigenvalue weighted by Gasteiger charge is 2.36. The van der Waals surface area contributed by atoms with Gasteiger partial charge in [-0.1, -0.05) is 30.3 Å². The Morgan fingerprint density at radius 2 is 1.89 bits per heavy atom. The number of amides is 2. The van der Waals surface area contributed by atoms with Gasteiger partial charge in [0, 0.05) is 45.7 Å². The van der Waals surface area contributed by atoms with Crippen LogP contribution in [0.15, 0.2) is 30.3 Å². The fourth-order valence-electron chi connectivity index (χ4n) is 3.89. The van der Waals surface area contributed by atoms with Gasteiger partial charge >= 0.3 is 5.97 Å². The highest BCUT2D eigenvalue weighted by Crippen LogP contribution is 2.23. The minimum Gasteiger partial charge on any atom is -0.465 e. The molecule has 2 fully saturated rings. The van der Waals surface area contributed by atoms with Gasteiger partial charge in [0.25, 0.3) is 0 Å². The van der Waals surface area contributed by atoms with E-state index in [1.54, 1.807) is 11.8 Å². The number of hydrogen-bond donors (Lipinski definition) is 0. The van der Waals surface area contributed by atoms with Gasteiger partial charge in [0.1, 0.15) is 0 Å². The summed E-state index contributed by atoms with van der Waals surface area (Å²) in [4.78, 5) is 42.7. The molecule has 7 heteroatoms. The SMILES string of the molecule is CCOC(=O)CN1CCCN(C(=O)C2CC(=O)N(Cc3ccccc3)C2)CC1. The van der Waals surface area contributed by atoms with Crippen molar-refractivity contribution in [1.29, 1.82) is 0 Å². The average Bonchev–Trinajstić information content (AvgIpc) is 2.89. The highest BCUT2D eigenvalue weighted by molar-refractivity contribution is 5.89. The van der Waals surface area contributed by atoms with Gasteiger partial charge in [-0.05, 0) is 18.9 Å². The van der Waals surface area contributed by atoms with Gasteiger partial charge in [-0.15, -0.1) is 0 Å². The van der Waals surface area contributed by atoms with Crippen LogP contribution in [0.4, 0.5) is 0 Å². The van der Waals surface area contributed by atoms with E-state index in [2.05, 4.69) is 0 Å². The summed E-state index contributed by atoms with van der Waals surface area (Å²) in [5.74, 6) is -0.393. The monoisotopic (exact) mass is 387 g/mol. The van der Waals surface area contributed by atoms with Crippen molar-refractivity contribution in [3.63, 3.8) is 0 Å². The number of esters is 1. The summed E-state index contributed by atoms with van der Waals surface area (Å²) in [6.45, 7) is 6.15. The fourth-order valence-corrected chi connectivity index (χ4v) is 3.89. The third-order valence-electron chi connectivity index (χ3n) is 5.34. The van der Waals surface area contributed by atoms with E-state index >= 15 is 0 Å². The molecular formula is C21H29N3O4. The molecule has 152 valence electrons. The van der Waals surface area contributed by atoms with Crippen molar-refractivity contribution >= 4 is 17.8 Å². The summed E-state index contributed by atoms with van der Waals surface area (Å²) in [7, 11) is 0. The lowest BCUT2D eigenvalue weighted by Gasteiger charge is -2.24. The van der Waals surface area contributed by atoms with E-state index in [0.717, 1.165) is 18.5 Å². The molecule has 1 aromatic rings. The van der Waals surface area contributed by atoms with Crippen LogP contribution in [0.2, 0.25) is 0 Å². The maximum Gasteiger partial charge on any atom is 0.320 e. The Bertz CT molecular complexity index is 694. The van der Waals surface area contributed by atoms with Crippen LogP contribution >= 0.6 is 0 Å². The number of carbonyl (C=O) groups excluding carboxylic acids is 3. The summed E-state index contributed by atoms with van der Waals surface area (Å²) in [5, 5.41) is 0. The van der Waals surface area contributed by atoms with E-state index in [0.29, 0.717) is 39.3 Å². The zero-order chi connectivity index (χ0) is 19.9. The van der Waals surface area contributed by atoms with Crippen LogP contribution in [-0.2, 0) is 25.7 Å². The van der Waals surface area contributed by atoms with Crippen LogP contribution in [0.25, 0.3) is 0 Å². The predicted octanol–water partition coefficient (Wildman–Crippen LogP) is 1.13. The highest BCUT2D eigenvalue weighted by atomic mass is 16.5. The maximum atomic E-state index is 13.0. The standard InChI is InChI=1S/C21H29N3O4/c1-2-28-20(26)16-22-9-6-10-23(12-11-22)21(27)18-13-19(25)24(15-18)14-17-7-4-3-5-8-17/h3-5,7-8,18H,2,6,9-16H2,1H3. The van der Waals surface area contributed by atoms with Gasteiger partial charge in [0.15, 0.2) is 0 Å². The molecule has 28 heavy (non-hydrogen) atoms. The largest absolute Gasteiger partial charge is 0.465 e. The third kappa shape index (κ3) is 5.32. The molecule has 0 spiro atoms. The molecule has 2 aliphatic heterocycles. The van der Waals surface area contributed by atoms with Gasteiger partial charge < -0.3 is 14.5 Å². The molecule has 0 aliphatic carbocycles. The molecule has 2 saturated heterocycles. The average molecular weight is 387 g/mol. The lowest BCUT2D eigenvalue weighted by atomic mass is 10.1. The van der Waals surface area contributed by atoms with Gasteiger partial charge in [-0.3, -0.25) is 19.3 Å². The molecule has 0 bridgehead atoms. The van der Waals surface area contributed by atoms with Gasteiger partial charge in [0.2, 0.25) is 11.8 Å². The van der Waals surface area contributed by atoms with Crippen molar-refractivity contribution in [2.45, 2.75) is 26.3 Å². The van der Waals surface area contributed by atoms with Crippen molar-refractivity contribution < 1.29 is 19.1 Å². The fraction of sp³-hybridized carbons (Fsp3) is 0.571. The van der Waals surface area contributed by atoms with E-state index in [9.17, 15) is 14.4 Å². The van der Waals surface area contributed by atoms with Crippen LogP contribution in [-0.4, -0.2) is 78.4 Å². The first-order valence-electron chi connectivity index (χ1n) is 10.0. The quantitative estimate of drug-likeness (QED) is 0.685. The lowest BCUT2D eigenvalue weighted by molar-refractivity contribution is -0.144. The number of rotatable bonds is 6. The molecule has 0 N–H and O–H groups in total. The van der Waals surface area contributed by atoms with Crippen molar-refractivity contribution in [3.8, 4) is 0 Å². The molecular weight excluding hydrogens is 358 g/mol. The molecule has 2 aliphatic rings. The van der Waals surface area contributed by atoms with E-state index in [1.165, 1.54) is 0 Å². The number of hydrogen-bond acceptors (Lipinski definition) is 5. The first-order chi connectivity index (χ1) is 13.6. The summed E-state index contributed by atoms with van der Waals surface area (Å²) in [6, 6.07) is 9.85. The molecule has 2 amide bonds. The minimum absolute atomic E-state index is 0.0426. The van der Waals surface area contributed by atoms with E-state index in [1.807, 2.05) is 40.1 Å². The third-order valence-corrected chi connectivity index (χ3v) is 5.34. The van der Waals surface area contributed by atoms with Gasteiger partial charge in [-0.2, -0.15) is 0 Å². The topological polar surface area (TPSA) is 70.2 Å². The van der Waals surface area contributed by atoms with Gasteiger partial charge in [-0.25, -0.2) is 0 Å². The molecule has 2 heterocycles. The molecule has 0 saturated carbocycles. The molecule has 3 rings (SSSR count). The molecule has 0 radical (unpaired) electrons. The summed E-state index contributed by atoms with van der Waals surface area (Å²) < 4.78 is 5.01. The Morgan fingerprint density at radius 1 is 1.11 bits per heavy atom. The number of ether oxygens (including phenoxy) is 1. The second-order valence-corrected chi connectivity index (χ2v) is 7.42. The predicted molar refractivity (Wildman–Crippen MR) is 104 cm³/mol. The Hall–Kier alpha value is -2.41. The Labute approximate surface area is 166 Å². The molecule has 1 unspecified atom stereocenters. The lowest BCUT2D eigenvalue weighted by Crippen LogP contribution is -2.40. The first kappa shape index (κ1) is 20.3. The van der Waals surface area contributed by atoms with Gasteiger partial charge in [0.05, 0.1) is 19.1 Å². The van der Waals surface area contributed by atoms with Crippen LogP contribution in [0.5, 0.6) is 0 Å². The van der Waals surface area contributed by atoms with E-state index in [4.69, 9.17) is 4.74 Å². The summed E-state index contributed by atoms with van der Waals surface area (Å²) in [6.07, 6.45) is 1.11. The second-order valence-electron chi connectivity index (χ2n) is 7.42. The molecule has 1 atom stereocenters. The van der Waals surface area contributed by atoms with Crippen LogP contribution in [0.3, 0.4) is 0 Å². The molecule has 0 aromatic heterocycles. The van der Waals surface area contributed by atoms with E-state index < -0.39 is 0 Å². The Kier molecular flexibility index (Phi) is 7.03. The van der Waals surface area contributed by atoms with Crippen LogP contribution in [0, 0.1) is 5.92 Å². The number of likely N-dealkylation sites (tertiary alicyclic amines) is 1.